The minimum Gasteiger partial charge on any atom is -0.0985 e. The molecule has 0 fully saturated rings. The number of hydrogen-bond acceptors (Lipinski definition) is 0. The number of benzene rings is 2. The Morgan fingerprint density at radius 2 is 0.870 bits per heavy atom. The molecular formula is C23H38. The fraction of sp³-hybridized carbons (Fsp3) is 0.391. The van der Waals surface area contributed by atoms with E-state index in [0.717, 1.165) is 5.56 Å². The number of aryl methyl sites for hydroxylation is 1. The minimum atomic E-state index is 1.16. The highest BCUT2D eigenvalue weighted by Crippen LogP contribution is 2.20. The topological polar surface area (TPSA) is 0 Å². The molecule has 0 spiro atoms. The van der Waals surface area contributed by atoms with Gasteiger partial charge in [-0.1, -0.05) is 122 Å². The van der Waals surface area contributed by atoms with Gasteiger partial charge in [0.05, 0.1) is 0 Å². The summed E-state index contributed by atoms with van der Waals surface area (Å²) >= 11 is 0. The zero-order valence-electron chi connectivity index (χ0n) is 16.9. The number of rotatable bonds is 2. The van der Waals surface area contributed by atoms with Crippen molar-refractivity contribution in [2.24, 2.45) is 0 Å². The first-order valence-corrected chi connectivity index (χ1v) is 9.09. The third kappa shape index (κ3) is 11.4. The van der Waals surface area contributed by atoms with Crippen LogP contribution >= 0.6 is 0 Å². The minimum absolute atomic E-state index is 1.16. The first-order valence-electron chi connectivity index (χ1n) is 9.09. The summed E-state index contributed by atoms with van der Waals surface area (Å²) in [5.74, 6) is 0. The Hall–Kier alpha value is -1.82. The van der Waals surface area contributed by atoms with E-state index in [4.69, 9.17) is 0 Å². The highest BCUT2D eigenvalue weighted by Gasteiger charge is 1.96. The fourth-order valence-electron chi connectivity index (χ4n) is 1.56. The van der Waals surface area contributed by atoms with Gasteiger partial charge in [-0.3, -0.25) is 0 Å². The Labute approximate surface area is 146 Å². The Bertz CT molecular complexity index is 446. The van der Waals surface area contributed by atoms with Crippen molar-refractivity contribution < 1.29 is 0 Å². The molecule has 0 bridgehead atoms. The van der Waals surface area contributed by atoms with Gasteiger partial charge in [-0.25, -0.2) is 0 Å². The molecule has 0 aliphatic heterocycles. The van der Waals surface area contributed by atoms with Crippen LogP contribution in [0.1, 0.15) is 66.5 Å². The maximum absolute atomic E-state index is 3.74. The van der Waals surface area contributed by atoms with E-state index in [1.165, 1.54) is 16.7 Å². The molecule has 0 aromatic heterocycles. The standard InChI is InChI=1S/C15H14.4C2H6/c1-3-13-6-10-15(11-7-13)14-8-4-12(2)5-9-14;4*1-2/h3-11H,1H2,2H3;4*1-2H3. The molecule has 0 amide bonds. The van der Waals surface area contributed by atoms with Gasteiger partial charge in [0.2, 0.25) is 0 Å². The predicted molar refractivity (Wildman–Crippen MR) is 112 cm³/mol. The third-order valence-electron chi connectivity index (χ3n) is 2.53. The predicted octanol–water partition coefficient (Wildman–Crippen LogP) is 8.41. The van der Waals surface area contributed by atoms with Crippen molar-refractivity contribution in [2.45, 2.75) is 62.3 Å². The van der Waals surface area contributed by atoms with E-state index in [9.17, 15) is 0 Å². The Balaban J connectivity index is -0.000000438. The van der Waals surface area contributed by atoms with Crippen LogP contribution in [0.15, 0.2) is 55.1 Å². The summed E-state index contributed by atoms with van der Waals surface area (Å²) in [6.45, 7) is 21.8. The summed E-state index contributed by atoms with van der Waals surface area (Å²) in [5, 5.41) is 0. The van der Waals surface area contributed by atoms with Gasteiger partial charge in [0.15, 0.2) is 0 Å². The molecule has 0 radical (unpaired) electrons. The molecule has 2 rings (SSSR count). The lowest BCUT2D eigenvalue weighted by Gasteiger charge is -2.02. The first kappa shape index (κ1) is 26.1. The number of hydrogen-bond donors (Lipinski definition) is 0. The van der Waals surface area contributed by atoms with E-state index in [1.807, 2.05) is 61.5 Å². The van der Waals surface area contributed by atoms with Crippen molar-refractivity contribution in [1.82, 2.24) is 0 Å². The zero-order chi connectivity index (χ0) is 18.7. The first-order chi connectivity index (χ1) is 11.3. The van der Waals surface area contributed by atoms with Crippen LogP contribution in [0.3, 0.4) is 0 Å². The van der Waals surface area contributed by atoms with Crippen LogP contribution in [-0.2, 0) is 0 Å². The lowest BCUT2D eigenvalue weighted by Crippen LogP contribution is -1.78. The summed E-state index contributed by atoms with van der Waals surface area (Å²) in [5.41, 5.74) is 4.96. The van der Waals surface area contributed by atoms with Gasteiger partial charge in [0.25, 0.3) is 0 Å². The van der Waals surface area contributed by atoms with Crippen molar-refractivity contribution in [1.29, 1.82) is 0 Å². The molecule has 2 aromatic rings. The zero-order valence-corrected chi connectivity index (χ0v) is 16.9. The molecule has 0 aliphatic carbocycles. The molecular weight excluding hydrogens is 276 g/mol. The maximum Gasteiger partial charge on any atom is -0.0184 e. The van der Waals surface area contributed by atoms with E-state index in [2.05, 4.69) is 62.0 Å². The van der Waals surface area contributed by atoms with E-state index in [-0.39, 0.29) is 0 Å². The van der Waals surface area contributed by atoms with Crippen molar-refractivity contribution in [3.8, 4) is 11.1 Å². The van der Waals surface area contributed by atoms with Crippen LogP contribution in [0.4, 0.5) is 0 Å². The average Bonchev–Trinajstić information content (AvgIpc) is 2.69. The SMILES string of the molecule is C=Cc1ccc(-c2ccc(C)cc2)cc1.CC.CC.CC.CC. The van der Waals surface area contributed by atoms with Gasteiger partial charge in [-0.2, -0.15) is 0 Å². The van der Waals surface area contributed by atoms with Crippen LogP contribution in [0.25, 0.3) is 17.2 Å². The van der Waals surface area contributed by atoms with Gasteiger partial charge in [-0.15, -0.1) is 0 Å². The lowest BCUT2D eigenvalue weighted by molar-refractivity contribution is 1.47. The molecule has 0 unspecified atom stereocenters. The second-order valence-corrected chi connectivity index (χ2v) is 3.69. The molecule has 0 saturated heterocycles. The van der Waals surface area contributed by atoms with Gasteiger partial charge in [0, 0.05) is 0 Å². The largest absolute Gasteiger partial charge is 0.0985 e. The summed E-state index contributed by atoms with van der Waals surface area (Å²) in [6.07, 6.45) is 1.86. The summed E-state index contributed by atoms with van der Waals surface area (Å²) in [4.78, 5) is 0. The van der Waals surface area contributed by atoms with Crippen LogP contribution in [0.2, 0.25) is 0 Å². The smallest absolute Gasteiger partial charge is 0.0184 e. The van der Waals surface area contributed by atoms with Gasteiger partial charge < -0.3 is 0 Å². The fourth-order valence-corrected chi connectivity index (χ4v) is 1.56. The van der Waals surface area contributed by atoms with E-state index >= 15 is 0 Å². The van der Waals surface area contributed by atoms with Crippen molar-refractivity contribution in [3.05, 3.63) is 66.2 Å². The van der Waals surface area contributed by atoms with Crippen LogP contribution in [-0.4, -0.2) is 0 Å². The second kappa shape index (κ2) is 20.2. The normalized spacial score (nSPS) is 7.52. The summed E-state index contributed by atoms with van der Waals surface area (Å²) < 4.78 is 0. The van der Waals surface area contributed by atoms with Crippen molar-refractivity contribution in [3.63, 3.8) is 0 Å². The van der Waals surface area contributed by atoms with E-state index < -0.39 is 0 Å². The summed E-state index contributed by atoms with van der Waals surface area (Å²) in [6, 6.07) is 17.0. The molecule has 23 heavy (non-hydrogen) atoms. The van der Waals surface area contributed by atoms with Crippen LogP contribution in [0.5, 0.6) is 0 Å². The average molecular weight is 315 g/mol. The van der Waals surface area contributed by atoms with Gasteiger partial charge >= 0.3 is 0 Å². The van der Waals surface area contributed by atoms with E-state index in [0.29, 0.717) is 0 Å². The van der Waals surface area contributed by atoms with Crippen molar-refractivity contribution >= 4 is 6.08 Å². The molecule has 0 N–H and O–H groups in total. The molecule has 0 nitrogen and oxygen atoms in total. The molecule has 0 aliphatic rings. The Kier molecular flexibility index (Phi) is 22.9. The highest BCUT2D eigenvalue weighted by atomic mass is 14.0. The highest BCUT2D eigenvalue weighted by molar-refractivity contribution is 5.65. The monoisotopic (exact) mass is 314 g/mol. The molecule has 0 heterocycles. The van der Waals surface area contributed by atoms with Crippen LogP contribution < -0.4 is 0 Å². The molecule has 130 valence electrons. The Morgan fingerprint density at radius 3 is 1.17 bits per heavy atom. The lowest BCUT2D eigenvalue weighted by atomic mass is 10.0. The molecule has 2 aromatic carbocycles. The van der Waals surface area contributed by atoms with Crippen molar-refractivity contribution in [2.75, 3.05) is 0 Å². The van der Waals surface area contributed by atoms with Crippen LogP contribution in [0, 0.1) is 6.92 Å². The Morgan fingerprint density at radius 1 is 0.565 bits per heavy atom. The quantitative estimate of drug-likeness (QED) is 0.522. The maximum atomic E-state index is 3.74. The van der Waals surface area contributed by atoms with E-state index in [1.54, 1.807) is 0 Å². The molecule has 0 atom stereocenters. The molecule has 0 heteroatoms. The second-order valence-electron chi connectivity index (χ2n) is 3.69. The molecule has 0 saturated carbocycles. The van der Waals surface area contributed by atoms with Gasteiger partial charge in [0.1, 0.15) is 0 Å². The third-order valence-corrected chi connectivity index (χ3v) is 2.53. The van der Waals surface area contributed by atoms with Gasteiger partial charge in [-0.05, 0) is 23.6 Å². The summed E-state index contributed by atoms with van der Waals surface area (Å²) in [7, 11) is 0.